The summed E-state index contributed by atoms with van der Waals surface area (Å²) in [6.45, 7) is 0. The molecule has 0 spiro atoms. The Morgan fingerprint density at radius 3 is 2.79 bits per heavy atom. The fourth-order valence-electron chi connectivity index (χ4n) is 1.29. The third-order valence-corrected chi connectivity index (χ3v) is 1.95. The molecule has 14 heavy (non-hydrogen) atoms. The van der Waals surface area contributed by atoms with Crippen LogP contribution in [-0.2, 0) is 7.05 Å². The summed E-state index contributed by atoms with van der Waals surface area (Å²) >= 11 is 0. The van der Waals surface area contributed by atoms with Gasteiger partial charge in [0.25, 0.3) is 0 Å². The molecular weight excluding hydrogens is 180 g/mol. The Morgan fingerprint density at radius 2 is 2.21 bits per heavy atom. The molecule has 0 unspecified atom stereocenters. The minimum absolute atomic E-state index is 0.656. The lowest BCUT2D eigenvalue weighted by molar-refractivity contribution is 0.111. The number of aldehydes is 1. The molecular formula is C10H12N2O2. The average Bonchev–Trinajstić information content (AvgIpc) is 2.59. The topological polar surface area (TPSA) is 55.1 Å². The number of hydrogen-bond acceptors (Lipinski definition) is 3. The SMILES string of the molecule is CO.Cn1c(C=O)cc2cccnc21. The van der Waals surface area contributed by atoms with Gasteiger partial charge in [-0.15, -0.1) is 0 Å². The molecule has 1 N–H and O–H groups in total. The predicted octanol–water partition coefficient (Wildman–Crippen LogP) is 0.994. The number of aromatic nitrogens is 2. The smallest absolute Gasteiger partial charge is 0.166 e. The highest BCUT2D eigenvalue weighted by atomic mass is 16.2. The molecule has 0 saturated heterocycles. The highest BCUT2D eigenvalue weighted by Crippen LogP contribution is 2.13. The van der Waals surface area contributed by atoms with E-state index in [1.54, 1.807) is 10.8 Å². The van der Waals surface area contributed by atoms with Gasteiger partial charge >= 0.3 is 0 Å². The van der Waals surface area contributed by atoms with Gasteiger partial charge in [-0.2, -0.15) is 0 Å². The quantitative estimate of drug-likeness (QED) is 0.685. The van der Waals surface area contributed by atoms with Crippen LogP contribution in [0.5, 0.6) is 0 Å². The van der Waals surface area contributed by atoms with Crippen molar-refractivity contribution in [1.82, 2.24) is 9.55 Å². The number of nitrogens with zero attached hydrogens (tertiary/aromatic N) is 2. The first-order valence-electron chi connectivity index (χ1n) is 4.13. The van der Waals surface area contributed by atoms with Crippen LogP contribution in [0.2, 0.25) is 0 Å². The number of fused-ring (bicyclic) bond motifs is 1. The van der Waals surface area contributed by atoms with Gasteiger partial charge in [0, 0.05) is 25.7 Å². The third-order valence-electron chi connectivity index (χ3n) is 1.95. The highest BCUT2D eigenvalue weighted by molar-refractivity contribution is 5.86. The summed E-state index contributed by atoms with van der Waals surface area (Å²) in [7, 11) is 2.83. The molecule has 0 atom stereocenters. The van der Waals surface area contributed by atoms with Gasteiger partial charge in [0.1, 0.15) is 5.65 Å². The number of aryl methyl sites for hydroxylation is 1. The second-order valence-electron chi connectivity index (χ2n) is 2.66. The van der Waals surface area contributed by atoms with Gasteiger partial charge in [-0.1, -0.05) is 0 Å². The molecule has 0 saturated carbocycles. The maximum atomic E-state index is 10.5. The summed E-state index contributed by atoms with van der Waals surface area (Å²) in [6.07, 6.45) is 2.55. The van der Waals surface area contributed by atoms with Gasteiger partial charge < -0.3 is 9.67 Å². The minimum atomic E-state index is 0.656. The van der Waals surface area contributed by atoms with Crippen LogP contribution in [0.25, 0.3) is 11.0 Å². The Morgan fingerprint density at radius 1 is 1.50 bits per heavy atom. The average molecular weight is 192 g/mol. The van der Waals surface area contributed by atoms with E-state index >= 15 is 0 Å². The van der Waals surface area contributed by atoms with E-state index in [0.717, 1.165) is 24.4 Å². The molecule has 2 aromatic rings. The van der Waals surface area contributed by atoms with E-state index in [4.69, 9.17) is 5.11 Å². The number of rotatable bonds is 1. The fraction of sp³-hybridized carbons (Fsp3) is 0.200. The lowest BCUT2D eigenvalue weighted by Gasteiger charge is -1.94. The van der Waals surface area contributed by atoms with Crippen LogP contribution in [0.15, 0.2) is 24.4 Å². The first kappa shape index (κ1) is 10.4. The maximum absolute atomic E-state index is 10.5. The number of aliphatic hydroxyl groups excluding tert-OH is 1. The van der Waals surface area contributed by atoms with Crippen LogP contribution in [0.4, 0.5) is 0 Å². The Balaban J connectivity index is 0.000000461. The molecule has 0 aliphatic carbocycles. The summed E-state index contributed by atoms with van der Waals surface area (Å²) in [6, 6.07) is 5.63. The molecule has 4 nitrogen and oxygen atoms in total. The Hall–Kier alpha value is -1.68. The van der Waals surface area contributed by atoms with Gasteiger partial charge in [0.05, 0.1) is 5.69 Å². The molecule has 0 radical (unpaired) electrons. The molecule has 2 rings (SSSR count). The van der Waals surface area contributed by atoms with Crippen molar-refractivity contribution in [3.05, 3.63) is 30.1 Å². The molecule has 0 aliphatic heterocycles. The standard InChI is InChI=1S/C9H8N2O.CH4O/c1-11-8(6-12)5-7-3-2-4-10-9(7)11;1-2/h2-6H,1H3;2H,1H3. The largest absolute Gasteiger partial charge is 0.400 e. The van der Waals surface area contributed by atoms with E-state index in [9.17, 15) is 4.79 Å². The second-order valence-corrected chi connectivity index (χ2v) is 2.66. The molecule has 0 aliphatic rings. The minimum Gasteiger partial charge on any atom is -0.400 e. The summed E-state index contributed by atoms with van der Waals surface area (Å²) in [5.74, 6) is 0. The fourth-order valence-corrected chi connectivity index (χ4v) is 1.29. The van der Waals surface area contributed by atoms with Crippen LogP contribution in [0.3, 0.4) is 0 Å². The summed E-state index contributed by atoms with van der Waals surface area (Å²) < 4.78 is 1.78. The van der Waals surface area contributed by atoms with Gasteiger partial charge in [-0.25, -0.2) is 4.98 Å². The summed E-state index contributed by atoms with van der Waals surface area (Å²) in [5, 5.41) is 8.00. The third kappa shape index (κ3) is 1.65. The molecule has 0 fully saturated rings. The lowest BCUT2D eigenvalue weighted by Crippen LogP contribution is -1.94. The van der Waals surface area contributed by atoms with Crippen LogP contribution in [0, 0.1) is 0 Å². The summed E-state index contributed by atoms with van der Waals surface area (Å²) in [4.78, 5) is 14.7. The van der Waals surface area contributed by atoms with Crippen molar-refractivity contribution in [2.45, 2.75) is 0 Å². The highest BCUT2D eigenvalue weighted by Gasteiger charge is 2.03. The van der Waals surface area contributed by atoms with Crippen molar-refractivity contribution in [3.8, 4) is 0 Å². The maximum Gasteiger partial charge on any atom is 0.166 e. The molecule has 74 valence electrons. The van der Waals surface area contributed by atoms with Crippen molar-refractivity contribution in [2.75, 3.05) is 7.11 Å². The Labute approximate surface area is 81.8 Å². The van der Waals surface area contributed by atoms with E-state index in [1.807, 2.05) is 25.2 Å². The monoisotopic (exact) mass is 192 g/mol. The number of carbonyl (C=O) groups excluding carboxylic acids is 1. The molecule has 0 amide bonds. The van der Waals surface area contributed by atoms with E-state index < -0.39 is 0 Å². The van der Waals surface area contributed by atoms with Crippen molar-refractivity contribution in [2.24, 2.45) is 7.05 Å². The number of carbonyl (C=O) groups is 1. The number of aliphatic hydroxyl groups is 1. The van der Waals surface area contributed by atoms with E-state index in [-0.39, 0.29) is 0 Å². The number of hydrogen-bond donors (Lipinski definition) is 1. The van der Waals surface area contributed by atoms with E-state index in [0.29, 0.717) is 5.69 Å². The molecule has 2 aromatic heterocycles. The number of pyridine rings is 1. The predicted molar refractivity (Wildman–Crippen MR) is 54.2 cm³/mol. The van der Waals surface area contributed by atoms with E-state index in [2.05, 4.69) is 4.98 Å². The lowest BCUT2D eigenvalue weighted by atomic mass is 10.3. The van der Waals surface area contributed by atoms with Crippen molar-refractivity contribution < 1.29 is 9.90 Å². The van der Waals surface area contributed by atoms with Crippen molar-refractivity contribution in [3.63, 3.8) is 0 Å². The second kappa shape index (κ2) is 4.53. The van der Waals surface area contributed by atoms with Gasteiger partial charge in [-0.3, -0.25) is 4.79 Å². The molecule has 0 bridgehead atoms. The molecule has 4 heteroatoms. The van der Waals surface area contributed by atoms with Gasteiger partial charge in [0.15, 0.2) is 6.29 Å². The van der Waals surface area contributed by atoms with Crippen LogP contribution >= 0.6 is 0 Å². The first-order chi connectivity index (χ1) is 6.83. The van der Waals surface area contributed by atoms with Crippen LogP contribution in [-0.4, -0.2) is 28.1 Å². The zero-order valence-electron chi connectivity index (χ0n) is 8.14. The van der Waals surface area contributed by atoms with Crippen molar-refractivity contribution >= 4 is 17.3 Å². The Bertz CT molecular complexity index is 435. The van der Waals surface area contributed by atoms with Crippen LogP contribution in [0.1, 0.15) is 10.5 Å². The van der Waals surface area contributed by atoms with Gasteiger partial charge in [0.2, 0.25) is 0 Å². The molecule has 0 aromatic carbocycles. The van der Waals surface area contributed by atoms with Crippen LogP contribution < -0.4 is 0 Å². The Kier molecular flexibility index (Phi) is 3.36. The molecule has 2 heterocycles. The zero-order chi connectivity index (χ0) is 10.6. The first-order valence-corrected chi connectivity index (χ1v) is 4.13. The zero-order valence-corrected chi connectivity index (χ0v) is 8.14. The van der Waals surface area contributed by atoms with Gasteiger partial charge in [-0.05, 0) is 18.2 Å². The van der Waals surface area contributed by atoms with Crippen molar-refractivity contribution in [1.29, 1.82) is 0 Å². The van der Waals surface area contributed by atoms with E-state index in [1.165, 1.54) is 0 Å². The normalized spacial score (nSPS) is 9.36. The summed E-state index contributed by atoms with van der Waals surface area (Å²) in [5.41, 5.74) is 1.50.